The maximum atomic E-state index is 11.8. The molecule has 122 valence electrons. The van der Waals surface area contributed by atoms with Gasteiger partial charge in [-0.3, -0.25) is 18.9 Å². The van der Waals surface area contributed by atoms with Crippen molar-refractivity contribution < 1.29 is 33.7 Å². The highest BCUT2D eigenvalue weighted by Gasteiger charge is 2.57. The first-order valence-electron chi connectivity index (χ1n) is 6.25. The summed E-state index contributed by atoms with van der Waals surface area (Å²) in [6.07, 6.45) is -2.82. The maximum absolute atomic E-state index is 11.8. The van der Waals surface area contributed by atoms with Crippen LogP contribution >= 0.6 is 7.60 Å². The molecule has 3 rings (SSSR count). The number of hydrogen-bond donors (Lipinski definition) is 4. The lowest BCUT2D eigenvalue weighted by atomic mass is 10.1. The van der Waals surface area contributed by atoms with Gasteiger partial charge in [0, 0.05) is 12.3 Å². The average molecular weight is 336 g/mol. The zero-order valence-electron chi connectivity index (χ0n) is 10.9. The zero-order valence-corrected chi connectivity index (χ0v) is 11.8. The summed E-state index contributed by atoms with van der Waals surface area (Å²) in [5, 5.41) is 9.28. The van der Waals surface area contributed by atoms with Gasteiger partial charge in [0.05, 0.1) is 6.61 Å². The van der Waals surface area contributed by atoms with Gasteiger partial charge in [-0.2, -0.15) is 0 Å². The summed E-state index contributed by atoms with van der Waals surface area (Å²) in [7, 11) is -4.67. The Labute approximate surface area is 122 Å². The monoisotopic (exact) mass is 336 g/mol. The number of aliphatic hydroxyl groups excluding tert-OH is 1. The van der Waals surface area contributed by atoms with Gasteiger partial charge in [-0.05, 0) is 0 Å². The number of aromatic amines is 1. The molecule has 4 N–H and O–H groups in total. The first kappa shape index (κ1) is 15.6. The first-order chi connectivity index (χ1) is 10.3. The lowest BCUT2D eigenvalue weighted by Crippen LogP contribution is -2.36. The van der Waals surface area contributed by atoms with Crippen molar-refractivity contribution in [3.8, 4) is 0 Å². The summed E-state index contributed by atoms with van der Waals surface area (Å²) >= 11 is 0. The van der Waals surface area contributed by atoms with Crippen LogP contribution in [0.3, 0.4) is 0 Å². The SMILES string of the molecule is O=c1ccn(C2OC(CO)C3OC(P(=O)(O)O)OC32)c(=O)[nH]1. The average Bonchev–Trinajstić information content (AvgIpc) is 2.97. The number of rotatable bonds is 3. The molecule has 12 heteroatoms. The van der Waals surface area contributed by atoms with Crippen LogP contribution in [0.2, 0.25) is 0 Å². The van der Waals surface area contributed by atoms with Crippen molar-refractivity contribution in [1.82, 2.24) is 9.55 Å². The van der Waals surface area contributed by atoms with Crippen molar-refractivity contribution in [1.29, 1.82) is 0 Å². The smallest absolute Gasteiger partial charge is 0.381 e. The van der Waals surface area contributed by atoms with Gasteiger partial charge >= 0.3 is 13.3 Å². The Bertz CT molecular complexity index is 724. The van der Waals surface area contributed by atoms with Gasteiger partial charge in [0.25, 0.3) is 11.6 Å². The number of ether oxygens (including phenoxy) is 3. The number of nitrogens with zero attached hydrogens (tertiary/aromatic N) is 1. The quantitative estimate of drug-likeness (QED) is 0.444. The number of aromatic nitrogens is 2. The Morgan fingerprint density at radius 2 is 1.91 bits per heavy atom. The van der Waals surface area contributed by atoms with Crippen LogP contribution in [0.25, 0.3) is 0 Å². The van der Waals surface area contributed by atoms with Gasteiger partial charge in [0.15, 0.2) is 6.23 Å². The van der Waals surface area contributed by atoms with E-state index in [1.165, 1.54) is 0 Å². The van der Waals surface area contributed by atoms with Gasteiger partial charge in [0.2, 0.25) is 0 Å². The summed E-state index contributed by atoms with van der Waals surface area (Å²) in [6, 6.07) is -0.705. The van der Waals surface area contributed by atoms with Crippen LogP contribution in [-0.2, 0) is 18.8 Å². The molecule has 3 heterocycles. The largest absolute Gasteiger partial charge is 0.394 e. The number of fused-ring (bicyclic) bond motifs is 1. The van der Waals surface area contributed by atoms with Gasteiger partial charge < -0.3 is 29.1 Å². The van der Waals surface area contributed by atoms with Crippen molar-refractivity contribution >= 4 is 7.60 Å². The molecule has 2 fully saturated rings. The van der Waals surface area contributed by atoms with E-state index in [9.17, 15) is 19.3 Å². The fraction of sp³-hybridized carbons (Fsp3) is 0.600. The Morgan fingerprint density at radius 1 is 1.23 bits per heavy atom. The van der Waals surface area contributed by atoms with Crippen LogP contribution in [0, 0.1) is 0 Å². The van der Waals surface area contributed by atoms with Crippen molar-refractivity contribution in [2.24, 2.45) is 0 Å². The molecule has 0 amide bonds. The van der Waals surface area contributed by atoms with E-state index < -0.39 is 56.0 Å². The highest BCUT2D eigenvalue weighted by atomic mass is 31.2. The van der Waals surface area contributed by atoms with E-state index in [0.29, 0.717) is 0 Å². The standard InChI is InChI=1S/C10H13N2O9P/c13-3-4-6-7(21-10(20-6)22(16,17)18)8(19-4)12-2-1-5(14)11-9(12)15/h1-2,4,6-8,10,13H,3H2,(H,11,14,15)(H2,16,17,18). The Hall–Kier alpha value is -1.33. The van der Waals surface area contributed by atoms with Crippen LogP contribution in [0.5, 0.6) is 0 Å². The van der Waals surface area contributed by atoms with Crippen LogP contribution < -0.4 is 11.2 Å². The molecule has 0 radical (unpaired) electrons. The Morgan fingerprint density at radius 3 is 2.50 bits per heavy atom. The van der Waals surface area contributed by atoms with E-state index in [2.05, 4.69) is 0 Å². The minimum Gasteiger partial charge on any atom is -0.394 e. The highest BCUT2D eigenvalue weighted by molar-refractivity contribution is 7.52. The summed E-state index contributed by atoms with van der Waals surface area (Å²) in [5.41, 5.74) is -1.38. The molecule has 0 spiro atoms. The van der Waals surface area contributed by atoms with Gasteiger partial charge in [-0.15, -0.1) is 0 Å². The fourth-order valence-electron chi connectivity index (χ4n) is 2.48. The third-order valence-electron chi connectivity index (χ3n) is 3.41. The summed E-state index contributed by atoms with van der Waals surface area (Å²) in [4.78, 5) is 43.2. The van der Waals surface area contributed by atoms with Gasteiger partial charge in [-0.1, -0.05) is 0 Å². The zero-order chi connectivity index (χ0) is 16.1. The van der Waals surface area contributed by atoms with Crippen LogP contribution in [-0.4, -0.2) is 55.4 Å². The molecule has 0 saturated carbocycles. The molecule has 1 aromatic rings. The molecular formula is C10H13N2O9P. The molecule has 1 aromatic heterocycles. The lowest BCUT2D eigenvalue weighted by Gasteiger charge is -2.20. The highest BCUT2D eigenvalue weighted by Crippen LogP contribution is 2.51. The molecule has 11 nitrogen and oxygen atoms in total. The normalized spacial score (nSPS) is 34.8. The number of H-pyrrole nitrogens is 1. The second kappa shape index (κ2) is 5.39. The topological polar surface area (TPSA) is 160 Å². The van der Waals surface area contributed by atoms with Crippen molar-refractivity contribution in [2.75, 3.05) is 6.61 Å². The fourth-order valence-corrected chi connectivity index (χ4v) is 3.07. The molecule has 0 bridgehead atoms. The molecule has 0 aromatic carbocycles. The minimum atomic E-state index is -4.67. The Balaban J connectivity index is 1.95. The van der Waals surface area contributed by atoms with Crippen molar-refractivity contribution in [3.63, 3.8) is 0 Å². The van der Waals surface area contributed by atoms with Crippen LogP contribution in [0.15, 0.2) is 21.9 Å². The summed E-state index contributed by atoms with van der Waals surface area (Å²) in [6.45, 7) is -0.493. The molecule has 5 atom stereocenters. The van der Waals surface area contributed by atoms with E-state index >= 15 is 0 Å². The summed E-state index contributed by atoms with van der Waals surface area (Å²) < 4.78 is 27.9. The van der Waals surface area contributed by atoms with Gasteiger partial charge in [-0.25, -0.2) is 4.79 Å². The predicted octanol–water partition coefficient (Wildman–Crippen LogP) is -2.33. The molecular weight excluding hydrogens is 323 g/mol. The first-order valence-corrected chi connectivity index (χ1v) is 7.93. The molecule has 2 aliphatic rings. The van der Waals surface area contributed by atoms with E-state index in [1.807, 2.05) is 4.98 Å². The molecule has 5 unspecified atom stereocenters. The van der Waals surface area contributed by atoms with Crippen LogP contribution in [0.4, 0.5) is 0 Å². The Kier molecular flexibility index (Phi) is 3.81. The number of hydrogen-bond acceptors (Lipinski definition) is 7. The van der Waals surface area contributed by atoms with Crippen LogP contribution in [0.1, 0.15) is 6.23 Å². The van der Waals surface area contributed by atoms with Crippen molar-refractivity contribution in [2.45, 2.75) is 30.6 Å². The van der Waals surface area contributed by atoms with Gasteiger partial charge in [0.1, 0.15) is 18.3 Å². The number of nitrogens with one attached hydrogen (secondary N) is 1. The maximum Gasteiger partial charge on any atom is 0.381 e. The van der Waals surface area contributed by atoms with E-state index in [4.69, 9.17) is 24.0 Å². The van der Waals surface area contributed by atoms with E-state index in [1.54, 1.807) is 0 Å². The molecule has 22 heavy (non-hydrogen) atoms. The third kappa shape index (κ3) is 2.57. The summed E-state index contributed by atoms with van der Waals surface area (Å²) in [5.74, 6) is 0. The van der Waals surface area contributed by atoms with E-state index in [0.717, 1.165) is 16.8 Å². The minimum absolute atomic E-state index is 0.493. The second-order valence-corrected chi connectivity index (χ2v) is 6.46. The third-order valence-corrected chi connectivity index (χ3v) is 4.21. The van der Waals surface area contributed by atoms with E-state index in [-0.39, 0.29) is 0 Å². The van der Waals surface area contributed by atoms with Crippen molar-refractivity contribution in [3.05, 3.63) is 33.1 Å². The molecule has 2 saturated heterocycles. The molecule has 0 aliphatic carbocycles. The predicted molar refractivity (Wildman–Crippen MR) is 67.9 cm³/mol. The molecule has 2 aliphatic heterocycles. The second-order valence-electron chi connectivity index (χ2n) is 4.86. The number of aliphatic hydroxyl groups is 1. The lowest BCUT2D eigenvalue weighted by molar-refractivity contribution is -0.130.